The van der Waals surface area contributed by atoms with E-state index in [2.05, 4.69) is 82.1 Å². The van der Waals surface area contributed by atoms with Gasteiger partial charge in [0.05, 0.1) is 20.3 Å². The van der Waals surface area contributed by atoms with Gasteiger partial charge >= 0.3 is 11.9 Å². The minimum Gasteiger partial charge on any atom is -0.496 e. The highest BCUT2D eigenvalue weighted by molar-refractivity contribution is 5.88. The average Bonchev–Trinajstić information content (AvgIpc) is 3.84. The highest BCUT2D eigenvalue weighted by Crippen LogP contribution is 2.68. The third-order valence-corrected chi connectivity index (χ3v) is 14.9. The Kier molecular flexibility index (Phi) is 8.52. The molecule has 2 bridgehead atoms. The number of hydrogen-bond acceptors (Lipinski definition) is 9. The van der Waals surface area contributed by atoms with E-state index in [1.54, 1.807) is 7.11 Å². The van der Waals surface area contributed by atoms with E-state index in [9.17, 15) is 14.7 Å². The molecule has 1 spiro atoms. The smallest absolute Gasteiger partial charge is 0.344 e. The summed E-state index contributed by atoms with van der Waals surface area (Å²) >= 11 is 0. The number of anilines is 1. The van der Waals surface area contributed by atoms with Crippen LogP contribution < -0.4 is 9.64 Å². The summed E-state index contributed by atoms with van der Waals surface area (Å²) in [6.07, 6.45) is 8.78. The lowest BCUT2D eigenvalue weighted by molar-refractivity contribution is -0.228. The Labute approximate surface area is 318 Å². The van der Waals surface area contributed by atoms with Crippen LogP contribution in [0.25, 0.3) is 10.9 Å². The number of likely N-dealkylation sites (N-methyl/N-ethyl adjacent to an activating group) is 1. The fourth-order valence-corrected chi connectivity index (χ4v) is 12.9. The van der Waals surface area contributed by atoms with Gasteiger partial charge in [-0.1, -0.05) is 50.6 Å². The number of methoxy groups -OCH3 is 2. The average molecular weight is 737 g/mol. The maximum Gasteiger partial charge on any atom is 0.344 e. The lowest BCUT2D eigenvalue weighted by atomic mass is 9.47. The van der Waals surface area contributed by atoms with E-state index in [1.165, 1.54) is 49.0 Å². The van der Waals surface area contributed by atoms with Crippen molar-refractivity contribution in [2.45, 2.75) is 94.4 Å². The molecule has 1 saturated carbocycles. The Bertz CT molecular complexity index is 2030. The number of fused-ring (bicyclic) bond motifs is 6. The summed E-state index contributed by atoms with van der Waals surface area (Å²) in [7, 11) is 5.04. The standard InChI is InChI=1S/C44H56N4O6/c1-7-27-20-28-21-32(37-30(14-18-47(24-27)25-28)29-12-9-10-13-34(29)45-37)31-22-33-35(23-36(31)52-5)46(4)39-43(33)16-19-48-17-11-15-42(8-2,38(43)48)40(54-26(3)49)44(39,51)41(50)53-6/h9-13,15,22-23,27-28,32,38-40,45,51H,7-8,14,16-21,24-25H2,1-6H3. The summed E-state index contributed by atoms with van der Waals surface area (Å²) in [5, 5.41) is 14.5. The van der Waals surface area contributed by atoms with Crippen LogP contribution in [-0.2, 0) is 30.9 Å². The SMILES string of the molecule is CCC1CC2CC(c3cc4c(cc3OC)N(C)C3C(O)(C(=O)OC)C(OC(C)=O)C5(CC)C=CCN6CCC43C65)c3[nH]c4ccccc4c3CCN(C1)C2. The minimum atomic E-state index is -2.16. The second-order valence-electron chi connectivity index (χ2n) is 17.2. The maximum absolute atomic E-state index is 14.3. The van der Waals surface area contributed by atoms with Gasteiger partial charge in [-0.2, -0.15) is 0 Å². The van der Waals surface area contributed by atoms with Gasteiger partial charge in [0.2, 0.25) is 5.60 Å². The summed E-state index contributed by atoms with van der Waals surface area (Å²) in [6.45, 7) is 10.6. The zero-order valence-corrected chi connectivity index (χ0v) is 32.7. The normalized spacial score (nSPS) is 36.6. The molecule has 2 saturated heterocycles. The first-order valence-corrected chi connectivity index (χ1v) is 20.2. The van der Waals surface area contributed by atoms with Crippen LogP contribution in [0, 0.1) is 17.3 Å². The second-order valence-corrected chi connectivity index (χ2v) is 17.2. The molecule has 288 valence electrons. The second kappa shape index (κ2) is 12.8. The summed E-state index contributed by atoms with van der Waals surface area (Å²) in [6, 6.07) is 12.4. The third kappa shape index (κ3) is 4.75. The molecule has 6 heterocycles. The number of H-pyrrole nitrogens is 1. The largest absolute Gasteiger partial charge is 0.496 e. The predicted molar refractivity (Wildman–Crippen MR) is 208 cm³/mol. The first kappa shape index (κ1) is 35.8. The molecule has 10 unspecified atom stereocenters. The maximum atomic E-state index is 14.3. The van der Waals surface area contributed by atoms with Crippen LogP contribution in [0.4, 0.5) is 5.69 Å². The Morgan fingerprint density at radius 3 is 2.61 bits per heavy atom. The van der Waals surface area contributed by atoms with Gasteiger partial charge in [0.1, 0.15) is 5.75 Å². The Morgan fingerprint density at radius 1 is 1.06 bits per heavy atom. The number of esters is 2. The zero-order valence-electron chi connectivity index (χ0n) is 32.7. The molecule has 5 aliphatic heterocycles. The first-order chi connectivity index (χ1) is 26.0. The third-order valence-electron chi connectivity index (χ3n) is 14.9. The Hall–Kier alpha value is -3.86. The van der Waals surface area contributed by atoms with Crippen molar-refractivity contribution in [2.24, 2.45) is 17.3 Å². The molecule has 0 amide bonds. The molecule has 10 heteroatoms. The lowest BCUT2D eigenvalue weighted by Crippen LogP contribution is -2.81. The molecule has 3 aromatic rings. The number of para-hydroxylation sites is 1. The van der Waals surface area contributed by atoms with Gasteiger partial charge in [0.25, 0.3) is 0 Å². The van der Waals surface area contributed by atoms with Crippen molar-refractivity contribution in [1.82, 2.24) is 14.8 Å². The van der Waals surface area contributed by atoms with Crippen LogP contribution in [-0.4, -0.2) is 110 Å². The summed E-state index contributed by atoms with van der Waals surface area (Å²) in [5.41, 5.74) is 3.37. The van der Waals surface area contributed by atoms with E-state index in [0.717, 1.165) is 74.6 Å². The number of piperidine rings is 1. The Balaban J connectivity index is 1.29. The number of nitrogens with one attached hydrogen (secondary N) is 1. The highest BCUT2D eigenvalue weighted by atomic mass is 16.6. The van der Waals surface area contributed by atoms with Crippen molar-refractivity contribution >= 4 is 28.5 Å². The number of carbonyl (C=O) groups is 2. The van der Waals surface area contributed by atoms with Crippen molar-refractivity contribution in [2.75, 3.05) is 58.9 Å². The van der Waals surface area contributed by atoms with E-state index in [0.29, 0.717) is 18.3 Å². The monoisotopic (exact) mass is 736 g/mol. The van der Waals surface area contributed by atoms with Crippen LogP contribution in [0.3, 0.4) is 0 Å². The molecular weight excluding hydrogens is 681 g/mol. The number of carbonyl (C=O) groups excluding carboxylic acids is 2. The zero-order chi connectivity index (χ0) is 37.7. The Morgan fingerprint density at radius 2 is 1.87 bits per heavy atom. The molecule has 1 aromatic heterocycles. The van der Waals surface area contributed by atoms with Gasteiger partial charge < -0.3 is 34.1 Å². The molecule has 0 radical (unpaired) electrons. The molecule has 6 aliphatic rings. The quantitative estimate of drug-likeness (QED) is 0.249. The molecule has 2 N–H and O–H groups in total. The molecule has 54 heavy (non-hydrogen) atoms. The van der Waals surface area contributed by atoms with E-state index in [-0.39, 0.29) is 12.0 Å². The number of rotatable bonds is 6. The van der Waals surface area contributed by atoms with Crippen molar-refractivity contribution in [3.05, 3.63) is 70.9 Å². The lowest BCUT2D eigenvalue weighted by Gasteiger charge is -2.63. The van der Waals surface area contributed by atoms with Gasteiger partial charge in [-0.05, 0) is 73.7 Å². The molecular formula is C44H56N4O6. The number of hydrogen-bond donors (Lipinski definition) is 2. The van der Waals surface area contributed by atoms with Gasteiger partial charge in [0, 0.05) is 96.9 Å². The fraction of sp³-hybridized carbons (Fsp3) is 0.591. The van der Waals surface area contributed by atoms with Gasteiger partial charge in [-0.15, -0.1) is 0 Å². The van der Waals surface area contributed by atoms with Crippen LogP contribution in [0.1, 0.15) is 81.2 Å². The number of aliphatic hydroxyl groups is 1. The predicted octanol–water partition coefficient (Wildman–Crippen LogP) is 5.55. The van der Waals surface area contributed by atoms with E-state index in [1.807, 2.05) is 7.05 Å². The highest BCUT2D eigenvalue weighted by Gasteiger charge is 2.80. The van der Waals surface area contributed by atoms with Crippen LogP contribution in [0.15, 0.2) is 48.6 Å². The minimum absolute atomic E-state index is 0.0468. The van der Waals surface area contributed by atoms with E-state index >= 15 is 0 Å². The molecule has 2 aromatic carbocycles. The number of aromatic nitrogens is 1. The number of benzene rings is 2. The van der Waals surface area contributed by atoms with E-state index in [4.69, 9.17) is 14.2 Å². The van der Waals surface area contributed by atoms with Crippen LogP contribution in [0.2, 0.25) is 0 Å². The van der Waals surface area contributed by atoms with Gasteiger partial charge in [-0.25, -0.2) is 4.79 Å². The molecule has 1 aliphatic carbocycles. The van der Waals surface area contributed by atoms with Crippen LogP contribution >= 0.6 is 0 Å². The van der Waals surface area contributed by atoms with Gasteiger partial charge in [-0.3, -0.25) is 9.69 Å². The summed E-state index contributed by atoms with van der Waals surface area (Å²) in [4.78, 5) is 38.4. The molecule has 9 rings (SSSR count). The van der Waals surface area contributed by atoms with E-state index < -0.39 is 40.5 Å². The molecule has 10 atom stereocenters. The molecule has 10 nitrogen and oxygen atoms in total. The first-order valence-electron chi connectivity index (χ1n) is 20.2. The van der Waals surface area contributed by atoms with Crippen molar-refractivity contribution in [3.63, 3.8) is 0 Å². The van der Waals surface area contributed by atoms with Crippen molar-refractivity contribution in [1.29, 1.82) is 0 Å². The van der Waals surface area contributed by atoms with Crippen LogP contribution in [0.5, 0.6) is 5.75 Å². The van der Waals surface area contributed by atoms with Gasteiger partial charge in [0.15, 0.2) is 6.10 Å². The molecule has 3 fully saturated rings. The van der Waals surface area contributed by atoms with Crippen molar-refractivity contribution < 1.29 is 28.9 Å². The van der Waals surface area contributed by atoms with Crippen molar-refractivity contribution in [3.8, 4) is 5.75 Å². The summed E-state index contributed by atoms with van der Waals surface area (Å²) < 4.78 is 18.0. The topological polar surface area (TPSA) is 108 Å². The fourth-order valence-electron chi connectivity index (χ4n) is 12.9. The number of nitrogens with zero attached hydrogens (tertiary/aromatic N) is 3. The number of ether oxygens (including phenoxy) is 3. The summed E-state index contributed by atoms with van der Waals surface area (Å²) in [5.74, 6) is 0.754. The number of aromatic amines is 1.